The number of nitrogens with two attached hydrogens (primary N) is 1. The number of nitrogens with one attached hydrogen (secondary N) is 1. The highest BCUT2D eigenvalue weighted by Crippen LogP contribution is 2.06. The summed E-state index contributed by atoms with van der Waals surface area (Å²) in [6.45, 7) is 7.35. The minimum absolute atomic E-state index is 0.0766. The summed E-state index contributed by atoms with van der Waals surface area (Å²) in [6, 6.07) is 0. The van der Waals surface area contributed by atoms with E-state index in [0.29, 0.717) is 5.70 Å². The van der Waals surface area contributed by atoms with Crippen LogP contribution in [0.2, 0.25) is 0 Å². The summed E-state index contributed by atoms with van der Waals surface area (Å²) < 4.78 is 5.14. The number of allylic oxidation sites excluding steroid dienone is 1. The maximum atomic E-state index is 11.4. The first-order valence-corrected chi connectivity index (χ1v) is 5.11. The van der Waals surface area contributed by atoms with Gasteiger partial charge in [-0.15, -0.1) is 0 Å². The minimum atomic E-state index is -0.473. The van der Waals surface area contributed by atoms with Gasteiger partial charge in [0.25, 0.3) is 0 Å². The zero-order chi connectivity index (χ0) is 12.8. The van der Waals surface area contributed by atoms with Crippen molar-refractivity contribution in [1.29, 1.82) is 0 Å². The zero-order valence-electron chi connectivity index (χ0n) is 10.6. The van der Waals surface area contributed by atoms with Crippen molar-refractivity contribution in [3.05, 3.63) is 11.9 Å². The topological polar surface area (TPSA) is 76.7 Å². The Bertz CT molecular complexity index is 301. The van der Waals surface area contributed by atoms with Crippen LogP contribution in [0.3, 0.4) is 0 Å². The molecule has 16 heavy (non-hydrogen) atoms. The van der Waals surface area contributed by atoms with Gasteiger partial charge in [0.05, 0.1) is 11.4 Å². The molecular weight excluding hydrogens is 206 g/mol. The summed E-state index contributed by atoms with van der Waals surface area (Å²) in [5.74, 6) is -0.323. The van der Waals surface area contributed by atoms with Crippen LogP contribution < -0.4 is 11.1 Å². The van der Waals surface area contributed by atoms with Crippen LogP contribution in [-0.4, -0.2) is 30.9 Å². The molecule has 0 aromatic rings. The van der Waals surface area contributed by atoms with Gasteiger partial charge in [-0.3, -0.25) is 9.79 Å². The van der Waals surface area contributed by atoms with Crippen molar-refractivity contribution >= 4 is 11.7 Å². The molecule has 92 valence electrons. The van der Waals surface area contributed by atoms with Crippen LogP contribution in [0.25, 0.3) is 0 Å². The number of ether oxygens (including phenoxy) is 1. The maximum absolute atomic E-state index is 11.4. The Kier molecular flexibility index (Phi) is 5.56. The number of hydrogen-bond donors (Lipinski definition) is 2. The first kappa shape index (κ1) is 14.5. The first-order chi connectivity index (χ1) is 7.30. The normalized spacial score (nSPS) is 13.6. The van der Waals surface area contributed by atoms with Gasteiger partial charge in [0.15, 0.2) is 0 Å². The van der Waals surface area contributed by atoms with Gasteiger partial charge in [0.1, 0.15) is 12.1 Å². The Morgan fingerprint density at radius 3 is 2.44 bits per heavy atom. The van der Waals surface area contributed by atoms with Crippen LogP contribution >= 0.6 is 0 Å². The molecule has 0 aromatic heterocycles. The van der Waals surface area contributed by atoms with E-state index in [2.05, 4.69) is 10.3 Å². The molecule has 3 N–H and O–H groups in total. The Balaban J connectivity index is 4.20. The van der Waals surface area contributed by atoms with E-state index in [9.17, 15) is 4.79 Å². The Morgan fingerprint density at radius 2 is 2.06 bits per heavy atom. The Morgan fingerprint density at radius 1 is 1.50 bits per heavy atom. The molecule has 0 aliphatic carbocycles. The van der Waals surface area contributed by atoms with E-state index in [1.54, 1.807) is 14.0 Å². The van der Waals surface area contributed by atoms with E-state index in [0.717, 1.165) is 5.71 Å². The molecule has 0 spiro atoms. The van der Waals surface area contributed by atoms with E-state index >= 15 is 0 Å². The number of carbonyl (C=O) groups excluding carboxylic acids is 1. The lowest BCUT2D eigenvalue weighted by Crippen LogP contribution is -2.32. The second kappa shape index (κ2) is 6.15. The average Bonchev–Trinajstić information content (AvgIpc) is 2.15. The van der Waals surface area contributed by atoms with E-state index in [-0.39, 0.29) is 12.5 Å². The number of aliphatic imine (C=N–C) groups is 1. The highest BCUT2D eigenvalue weighted by molar-refractivity contribution is 5.97. The largest absolute Gasteiger partial charge is 0.459 e. The molecule has 0 radical (unpaired) electrons. The Hall–Kier alpha value is -1.52. The predicted octanol–water partition coefficient (Wildman–Crippen LogP) is 0.808. The van der Waals surface area contributed by atoms with Crippen molar-refractivity contribution in [2.75, 3.05) is 13.6 Å². The fraction of sp³-hybridized carbons (Fsp3) is 0.636. The van der Waals surface area contributed by atoms with Crippen molar-refractivity contribution in [2.24, 2.45) is 10.7 Å². The first-order valence-electron chi connectivity index (χ1n) is 5.11. The van der Waals surface area contributed by atoms with Crippen LogP contribution in [0.1, 0.15) is 27.7 Å². The summed E-state index contributed by atoms with van der Waals surface area (Å²) in [5.41, 5.74) is 6.31. The van der Waals surface area contributed by atoms with Crippen molar-refractivity contribution in [1.82, 2.24) is 5.32 Å². The van der Waals surface area contributed by atoms with Crippen molar-refractivity contribution in [2.45, 2.75) is 33.3 Å². The number of esters is 1. The molecule has 0 bridgehead atoms. The monoisotopic (exact) mass is 227 g/mol. The molecular formula is C11H21N3O2. The minimum Gasteiger partial charge on any atom is -0.459 e. The summed E-state index contributed by atoms with van der Waals surface area (Å²) in [4.78, 5) is 15.4. The molecule has 0 unspecified atom stereocenters. The molecule has 0 amide bonds. The summed E-state index contributed by atoms with van der Waals surface area (Å²) in [7, 11) is 1.66. The predicted molar refractivity (Wildman–Crippen MR) is 65.2 cm³/mol. The lowest BCUT2D eigenvalue weighted by atomic mass is 10.2. The van der Waals surface area contributed by atoms with Crippen LogP contribution in [0.15, 0.2) is 16.9 Å². The quantitative estimate of drug-likeness (QED) is 0.550. The SMILES string of the molecule is CN=C(C)C(=CN)NCC(=O)OC(C)(C)C. The van der Waals surface area contributed by atoms with Crippen LogP contribution in [-0.2, 0) is 9.53 Å². The van der Waals surface area contributed by atoms with Crippen molar-refractivity contribution in [3.63, 3.8) is 0 Å². The highest BCUT2D eigenvalue weighted by atomic mass is 16.6. The van der Waals surface area contributed by atoms with E-state index in [1.165, 1.54) is 6.20 Å². The summed E-state index contributed by atoms with van der Waals surface area (Å²) in [6.07, 6.45) is 1.38. The second-order valence-electron chi connectivity index (χ2n) is 4.33. The van der Waals surface area contributed by atoms with E-state index in [4.69, 9.17) is 10.5 Å². The molecule has 0 aliphatic rings. The molecule has 0 saturated heterocycles. The molecule has 0 saturated carbocycles. The average molecular weight is 227 g/mol. The van der Waals surface area contributed by atoms with Crippen molar-refractivity contribution in [3.8, 4) is 0 Å². The number of hydrogen-bond acceptors (Lipinski definition) is 5. The lowest BCUT2D eigenvalue weighted by Gasteiger charge is -2.20. The summed E-state index contributed by atoms with van der Waals surface area (Å²) >= 11 is 0. The van der Waals surface area contributed by atoms with Crippen LogP contribution in [0.5, 0.6) is 0 Å². The van der Waals surface area contributed by atoms with Gasteiger partial charge in [-0.05, 0) is 27.7 Å². The smallest absolute Gasteiger partial charge is 0.325 e. The van der Waals surface area contributed by atoms with Gasteiger partial charge in [-0.25, -0.2) is 0 Å². The van der Waals surface area contributed by atoms with E-state index < -0.39 is 5.60 Å². The van der Waals surface area contributed by atoms with Gasteiger partial charge in [-0.1, -0.05) is 0 Å². The third kappa shape index (κ3) is 6.06. The van der Waals surface area contributed by atoms with Crippen molar-refractivity contribution < 1.29 is 9.53 Å². The number of nitrogens with zero attached hydrogens (tertiary/aromatic N) is 1. The number of rotatable bonds is 4. The van der Waals surface area contributed by atoms with Gasteiger partial charge in [0, 0.05) is 13.2 Å². The standard InChI is InChI=1S/C11H21N3O2/c1-8(13-5)9(6-12)14-7-10(15)16-11(2,3)4/h6,14H,7,12H2,1-5H3. The fourth-order valence-electron chi connectivity index (χ4n) is 0.973. The van der Waals surface area contributed by atoms with Crippen LogP contribution in [0, 0.1) is 0 Å². The van der Waals surface area contributed by atoms with Gasteiger partial charge in [-0.2, -0.15) is 0 Å². The molecule has 0 atom stereocenters. The molecule has 5 nitrogen and oxygen atoms in total. The molecule has 5 heteroatoms. The van der Waals surface area contributed by atoms with Gasteiger partial charge in [0.2, 0.25) is 0 Å². The summed E-state index contributed by atoms with van der Waals surface area (Å²) in [5, 5.41) is 2.87. The Labute approximate surface area is 96.8 Å². The molecule has 0 fully saturated rings. The molecule has 0 rings (SSSR count). The fourth-order valence-corrected chi connectivity index (χ4v) is 0.973. The molecule has 0 heterocycles. The molecule has 0 aliphatic heterocycles. The van der Waals surface area contributed by atoms with Gasteiger partial charge < -0.3 is 15.8 Å². The van der Waals surface area contributed by atoms with E-state index in [1.807, 2.05) is 20.8 Å². The zero-order valence-corrected chi connectivity index (χ0v) is 10.6. The maximum Gasteiger partial charge on any atom is 0.325 e. The van der Waals surface area contributed by atoms with Crippen LogP contribution in [0.4, 0.5) is 0 Å². The third-order valence-electron chi connectivity index (χ3n) is 1.74. The van der Waals surface area contributed by atoms with Gasteiger partial charge >= 0.3 is 5.97 Å². The highest BCUT2D eigenvalue weighted by Gasteiger charge is 2.16. The number of carbonyl (C=O) groups is 1. The lowest BCUT2D eigenvalue weighted by molar-refractivity contribution is -0.153. The molecule has 0 aromatic carbocycles. The second-order valence-corrected chi connectivity index (χ2v) is 4.33. The third-order valence-corrected chi connectivity index (χ3v) is 1.74.